The lowest BCUT2D eigenvalue weighted by Gasteiger charge is -2.43. The zero-order valence-electron chi connectivity index (χ0n) is 16.6. The van der Waals surface area contributed by atoms with Gasteiger partial charge in [0.05, 0.1) is 24.9 Å². The molecule has 4 rings (SSSR count). The van der Waals surface area contributed by atoms with Gasteiger partial charge >= 0.3 is 0 Å². The number of ether oxygens (including phenoxy) is 2. The van der Waals surface area contributed by atoms with Crippen LogP contribution in [0.1, 0.15) is 51.5 Å². The Morgan fingerprint density at radius 3 is 2.56 bits per heavy atom. The maximum absolute atomic E-state index is 6.13. The molecule has 27 heavy (non-hydrogen) atoms. The molecule has 1 saturated heterocycles. The van der Waals surface area contributed by atoms with Crippen molar-refractivity contribution >= 4 is 0 Å². The fourth-order valence-electron chi connectivity index (χ4n) is 4.24. The number of hydrogen-bond donors (Lipinski definition) is 0. The molecule has 1 aromatic carbocycles. The van der Waals surface area contributed by atoms with Crippen molar-refractivity contribution in [2.45, 2.75) is 82.4 Å². The van der Waals surface area contributed by atoms with Crippen molar-refractivity contribution in [2.75, 3.05) is 0 Å². The molecule has 0 amide bonds. The molecule has 3 fully saturated rings. The van der Waals surface area contributed by atoms with E-state index >= 15 is 0 Å². The van der Waals surface area contributed by atoms with E-state index in [1.165, 1.54) is 12.0 Å². The summed E-state index contributed by atoms with van der Waals surface area (Å²) in [6.07, 6.45) is 8.34. The minimum Gasteiger partial charge on any atom is -0.493 e. The Morgan fingerprint density at radius 2 is 1.96 bits per heavy atom. The summed E-state index contributed by atoms with van der Waals surface area (Å²) in [4.78, 5) is 0. The van der Waals surface area contributed by atoms with E-state index in [2.05, 4.69) is 61.3 Å². The fraction of sp³-hybridized carbons (Fsp3) is 0.565. The predicted molar refractivity (Wildman–Crippen MR) is 108 cm³/mol. The van der Waals surface area contributed by atoms with Crippen LogP contribution in [0.4, 0.5) is 0 Å². The molecule has 2 aliphatic carbocycles. The Labute approximate surface area is 163 Å². The highest BCUT2D eigenvalue weighted by atomic mass is 16.5. The van der Waals surface area contributed by atoms with E-state index in [0.29, 0.717) is 30.9 Å². The van der Waals surface area contributed by atoms with Gasteiger partial charge in [-0.05, 0) is 51.5 Å². The van der Waals surface area contributed by atoms with E-state index in [0.717, 1.165) is 31.4 Å². The van der Waals surface area contributed by atoms with Crippen molar-refractivity contribution in [2.24, 2.45) is 0 Å². The van der Waals surface area contributed by atoms with Crippen LogP contribution in [0, 0.1) is 0 Å². The minimum absolute atomic E-state index is 0.125. The summed E-state index contributed by atoms with van der Waals surface area (Å²) in [6.45, 7) is 13.5. The standard InChI is InChI=1S/C23H32N2O2/c1-5-24(20-14-22(15-20)26-16-19-10-7-6-8-11-19)25-17(2)23(25,4)18(3)27-21-12-9-13-21/h5-8,10-11,17,20-22H,1,3,9,12-16H2,2,4H3. The summed E-state index contributed by atoms with van der Waals surface area (Å²) in [5.41, 5.74) is 1.11. The average Bonchev–Trinajstić information content (AvgIpc) is 3.16. The summed E-state index contributed by atoms with van der Waals surface area (Å²) >= 11 is 0. The van der Waals surface area contributed by atoms with Gasteiger partial charge in [-0.3, -0.25) is 0 Å². The number of benzene rings is 1. The number of nitrogens with zero attached hydrogens (tertiary/aromatic N) is 2. The molecule has 0 aromatic heterocycles. The zero-order valence-corrected chi connectivity index (χ0v) is 16.6. The van der Waals surface area contributed by atoms with Crippen LogP contribution in [0.2, 0.25) is 0 Å². The summed E-state index contributed by atoms with van der Waals surface area (Å²) in [7, 11) is 0. The second kappa shape index (κ2) is 7.33. The van der Waals surface area contributed by atoms with Crippen LogP contribution in [0.25, 0.3) is 0 Å². The molecule has 1 heterocycles. The van der Waals surface area contributed by atoms with Gasteiger partial charge in [0.15, 0.2) is 0 Å². The maximum atomic E-state index is 6.13. The monoisotopic (exact) mass is 368 g/mol. The van der Waals surface area contributed by atoms with Crippen molar-refractivity contribution in [1.82, 2.24) is 10.0 Å². The van der Waals surface area contributed by atoms with E-state index in [1.54, 1.807) is 0 Å². The van der Waals surface area contributed by atoms with Crippen molar-refractivity contribution in [1.29, 1.82) is 0 Å². The largest absolute Gasteiger partial charge is 0.493 e. The number of hydrogen-bond acceptors (Lipinski definition) is 4. The molecular weight excluding hydrogens is 336 g/mol. The first kappa shape index (κ1) is 18.6. The quantitative estimate of drug-likeness (QED) is 0.468. The summed E-state index contributed by atoms with van der Waals surface area (Å²) in [5, 5.41) is 4.67. The van der Waals surface area contributed by atoms with Gasteiger partial charge in [-0.15, -0.1) is 0 Å². The molecule has 4 nitrogen and oxygen atoms in total. The Kier molecular flexibility index (Phi) is 5.04. The summed E-state index contributed by atoms with van der Waals surface area (Å²) in [6, 6.07) is 11.2. The summed E-state index contributed by atoms with van der Waals surface area (Å²) in [5.74, 6) is 0.905. The second-order valence-electron chi connectivity index (χ2n) is 8.37. The molecule has 3 aliphatic rings. The third kappa shape index (κ3) is 3.41. The Balaban J connectivity index is 1.28. The smallest absolute Gasteiger partial charge is 0.113 e. The average molecular weight is 369 g/mol. The van der Waals surface area contributed by atoms with E-state index in [1.807, 2.05) is 12.3 Å². The lowest BCUT2D eigenvalue weighted by molar-refractivity contribution is -0.0867. The van der Waals surface area contributed by atoms with E-state index in [9.17, 15) is 0 Å². The Bertz CT molecular complexity index is 681. The normalized spacial score (nSPS) is 34.9. The highest BCUT2D eigenvalue weighted by molar-refractivity contribution is 5.27. The molecule has 4 heteroatoms. The minimum atomic E-state index is -0.125. The maximum Gasteiger partial charge on any atom is 0.113 e. The third-order valence-corrected chi connectivity index (χ3v) is 6.72. The van der Waals surface area contributed by atoms with E-state index in [-0.39, 0.29) is 5.54 Å². The molecule has 0 spiro atoms. The summed E-state index contributed by atoms with van der Waals surface area (Å²) < 4.78 is 12.2. The highest BCUT2D eigenvalue weighted by Crippen LogP contribution is 2.50. The van der Waals surface area contributed by atoms with Gasteiger partial charge in [-0.1, -0.05) is 43.5 Å². The van der Waals surface area contributed by atoms with Gasteiger partial charge < -0.3 is 14.5 Å². The fourth-order valence-corrected chi connectivity index (χ4v) is 4.24. The zero-order chi connectivity index (χ0) is 19.0. The topological polar surface area (TPSA) is 24.7 Å². The first-order valence-corrected chi connectivity index (χ1v) is 10.3. The third-order valence-electron chi connectivity index (χ3n) is 6.72. The first-order chi connectivity index (χ1) is 13.0. The van der Waals surface area contributed by atoms with Crippen LogP contribution in [0.5, 0.6) is 0 Å². The highest BCUT2D eigenvalue weighted by Gasteiger charge is 2.63. The first-order valence-electron chi connectivity index (χ1n) is 10.3. The van der Waals surface area contributed by atoms with Crippen LogP contribution in [-0.2, 0) is 16.1 Å². The van der Waals surface area contributed by atoms with Crippen molar-refractivity contribution in [3.05, 3.63) is 61.0 Å². The van der Waals surface area contributed by atoms with Gasteiger partial charge in [0.25, 0.3) is 0 Å². The second-order valence-corrected chi connectivity index (χ2v) is 8.37. The Morgan fingerprint density at radius 1 is 1.26 bits per heavy atom. The van der Waals surface area contributed by atoms with Crippen molar-refractivity contribution < 1.29 is 9.47 Å². The number of hydrazine groups is 1. The lowest BCUT2D eigenvalue weighted by atomic mass is 9.88. The molecule has 0 bridgehead atoms. The number of rotatable bonds is 9. The molecule has 0 radical (unpaired) electrons. The van der Waals surface area contributed by atoms with Crippen LogP contribution < -0.4 is 0 Å². The van der Waals surface area contributed by atoms with Gasteiger partial charge in [0, 0.05) is 12.2 Å². The van der Waals surface area contributed by atoms with Gasteiger partial charge in [0.1, 0.15) is 11.3 Å². The molecule has 146 valence electrons. The molecule has 1 aliphatic heterocycles. The van der Waals surface area contributed by atoms with Crippen LogP contribution >= 0.6 is 0 Å². The van der Waals surface area contributed by atoms with E-state index < -0.39 is 0 Å². The van der Waals surface area contributed by atoms with E-state index in [4.69, 9.17) is 9.47 Å². The molecule has 1 aromatic rings. The lowest BCUT2D eigenvalue weighted by Crippen LogP contribution is -2.49. The van der Waals surface area contributed by atoms with Crippen LogP contribution in [0.3, 0.4) is 0 Å². The molecule has 3 atom stereocenters. The molecule has 2 saturated carbocycles. The Hall–Kier alpha value is -1.78. The van der Waals surface area contributed by atoms with Crippen LogP contribution in [0.15, 0.2) is 55.4 Å². The van der Waals surface area contributed by atoms with Gasteiger partial charge in [0.2, 0.25) is 0 Å². The van der Waals surface area contributed by atoms with Crippen LogP contribution in [-0.4, -0.2) is 39.8 Å². The SMILES string of the molecule is C=CN(C1CC(OCc2ccccc2)C1)N1C(C)C1(C)C(=C)OC1CCC1. The molecule has 3 unspecified atom stereocenters. The van der Waals surface area contributed by atoms with Crippen molar-refractivity contribution in [3.8, 4) is 0 Å². The van der Waals surface area contributed by atoms with Crippen molar-refractivity contribution in [3.63, 3.8) is 0 Å². The van der Waals surface area contributed by atoms with Gasteiger partial charge in [-0.2, -0.15) is 0 Å². The molecular formula is C23H32N2O2. The van der Waals surface area contributed by atoms with Gasteiger partial charge in [-0.25, -0.2) is 5.01 Å². The molecule has 0 N–H and O–H groups in total. The predicted octanol–water partition coefficient (Wildman–Crippen LogP) is 4.64.